The molecule has 1 aromatic carbocycles. The van der Waals surface area contributed by atoms with Gasteiger partial charge in [-0.05, 0) is 18.2 Å². The topological polar surface area (TPSA) is 38.0 Å². The molecule has 0 amide bonds. The zero-order chi connectivity index (χ0) is 9.84. The summed E-state index contributed by atoms with van der Waals surface area (Å²) in [7, 11) is 0. The van der Waals surface area contributed by atoms with E-state index < -0.39 is 0 Å². The Labute approximate surface area is 92.0 Å². The standard InChI is InChI=1S/C8H8Cl2N2S/c9-5-1-6(10)3-7(2-5)12-4-8(11)13/h1-3,12H,4H2,(H2,11,13). The van der Waals surface area contributed by atoms with Crippen molar-refractivity contribution in [2.24, 2.45) is 5.73 Å². The fraction of sp³-hybridized carbons (Fsp3) is 0.125. The van der Waals surface area contributed by atoms with Crippen LogP contribution in [0.25, 0.3) is 0 Å². The minimum atomic E-state index is 0.399. The Hall–Kier alpha value is -0.510. The highest BCUT2D eigenvalue weighted by Gasteiger charge is 1.97. The molecule has 70 valence electrons. The van der Waals surface area contributed by atoms with Crippen LogP contribution in [-0.2, 0) is 0 Å². The molecule has 0 aliphatic rings. The predicted octanol–water partition coefficient (Wildman–Crippen LogP) is 2.69. The van der Waals surface area contributed by atoms with Crippen molar-refractivity contribution in [2.75, 3.05) is 11.9 Å². The molecule has 13 heavy (non-hydrogen) atoms. The summed E-state index contributed by atoms with van der Waals surface area (Å²) in [5.41, 5.74) is 6.13. The first kappa shape index (κ1) is 10.6. The van der Waals surface area contributed by atoms with Crippen LogP contribution in [0.5, 0.6) is 0 Å². The number of nitrogens with two attached hydrogens (primary N) is 1. The number of nitrogens with one attached hydrogen (secondary N) is 1. The molecule has 0 radical (unpaired) electrons. The maximum absolute atomic E-state index is 5.78. The van der Waals surface area contributed by atoms with E-state index in [1.54, 1.807) is 18.2 Å². The molecular formula is C8H8Cl2N2S. The van der Waals surface area contributed by atoms with Gasteiger partial charge in [0, 0.05) is 15.7 Å². The molecule has 0 bridgehead atoms. The summed E-state index contributed by atoms with van der Waals surface area (Å²) in [6.45, 7) is 0.437. The van der Waals surface area contributed by atoms with Crippen molar-refractivity contribution < 1.29 is 0 Å². The molecule has 0 saturated carbocycles. The van der Waals surface area contributed by atoms with Gasteiger partial charge in [0.05, 0.1) is 11.5 Å². The minimum Gasteiger partial charge on any atom is -0.392 e. The van der Waals surface area contributed by atoms with E-state index in [2.05, 4.69) is 5.32 Å². The van der Waals surface area contributed by atoms with Gasteiger partial charge in [0.2, 0.25) is 0 Å². The smallest absolute Gasteiger partial charge is 0.0921 e. The number of rotatable bonds is 3. The highest BCUT2D eigenvalue weighted by Crippen LogP contribution is 2.22. The summed E-state index contributed by atoms with van der Waals surface area (Å²) < 4.78 is 0. The van der Waals surface area contributed by atoms with Crippen molar-refractivity contribution in [3.05, 3.63) is 28.2 Å². The first-order chi connectivity index (χ1) is 6.08. The zero-order valence-electron chi connectivity index (χ0n) is 6.68. The Morgan fingerprint density at radius 2 is 1.85 bits per heavy atom. The highest BCUT2D eigenvalue weighted by molar-refractivity contribution is 7.80. The van der Waals surface area contributed by atoms with Gasteiger partial charge < -0.3 is 11.1 Å². The molecule has 0 aromatic heterocycles. The van der Waals surface area contributed by atoms with E-state index in [0.717, 1.165) is 5.69 Å². The molecule has 3 N–H and O–H groups in total. The molecule has 5 heteroatoms. The Morgan fingerprint density at radius 1 is 1.31 bits per heavy atom. The van der Waals surface area contributed by atoms with Crippen molar-refractivity contribution in [1.29, 1.82) is 0 Å². The Balaban J connectivity index is 2.71. The van der Waals surface area contributed by atoms with Crippen molar-refractivity contribution in [2.45, 2.75) is 0 Å². The molecule has 0 aliphatic heterocycles. The zero-order valence-corrected chi connectivity index (χ0v) is 9.01. The summed E-state index contributed by atoms with van der Waals surface area (Å²) >= 11 is 16.3. The monoisotopic (exact) mass is 234 g/mol. The van der Waals surface area contributed by atoms with E-state index in [1.807, 2.05) is 0 Å². The SMILES string of the molecule is NC(=S)CNc1cc(Cl)cc(Cl)c1. The van der Waals surface area contributed by atoms with Gasteiger partial charge in [-0.2, -0.15) is 0 Å². The van der Waals surface area contributed by atoms with Gasteiger partial charge in [0.25, 0.3) is 0 Å². The number of thiocarbonyl (C=S) groups is 1. The van der Waals surface area contributed by atoms with Gasteiger partial charge in [-0.15, -0.1) is 0 Å². The lowest BCUT2D eigenvalue weighted by Crippen LogP contribution is -2.19. The first-order valence-electron chi connectivity index (χ1n) is 3.56. The number of anilines is 1. The van der Waals surface area contributed by atoms with Crippen LogP contribution in [0.2, 0.25) is 10.0 Å². The van der Waals surface area contributed by atoms with Gasteiger partial charge in [-0.3, -0.25) is 0 Å². The molecule has 2 nitrogen and oxygen atoms in total. The molecule has 0 fully saturated rings. The molecule has 0 spiro atoms. The van der Waals surface area contributed by atoms with Crippen LogP contribution >= 0.6 is 35.4 Å². The largest absolute Gasteiger partial charge is 0.392 e. The van der Waals surface area contributed by atoms with Crippen LogP contribution in [0.1, 0.15) is 0 Å². The minimum absolute atomic E-state index is 0.399. The summed E-state index contributed by atoms with van der Waals surface area (Å²) in [5.74, 6) is 0. The normalized spacial score (nSPS) is 9.69. The van der Waals surface area contributed by atoms with Crippen molar-refractivity contribution >= 4 is 46.1 Å². The first-order valence-corrected chi connectivity index (χ1v) is 4.72. The molecular weight excluding hydrogens is 227 g/mol. The van der Waals surface area contributed by atoms with Crippen LogP contribution in [0.4, 0.5) is 5.69 Å². The Kier molecular flexibility index (Phi) is 3.78. The molecule has 1 aromatic rings. The van der Waals surface area contributed by atoms with Crippen molar-refractivity contribution in [1.82, 2.24) is 0 Å². The van der Waals surface area contributed by atoms with Crippen LogP contribution in [0.15, 0.2) is 18.2 Å². The van der Waals surface area contributed by atoms with Crippen molar-refractivity contribution in [3.63, 3.8) is 0 Å². The Bertz CT molecular complexity index is 308. The van der Waals surface area contributed by atoms with Gasteiger partial charge in [0.1, 0.15) is 0 Å². The molecule has 0 unspecified atom stereocenters. The average molecular weight is 235 g/mol. The summed E-state index contributed by atoms with van der Waals surface area (Å²) in [5, 5.41) is 4.15. The fourth-order valence-corrected chi connectivity index (χ4v) is 1.44. The molecule has 1 rings (SSSR count). The summed E-state index contributed by atoms with van der Waals surface area (Å²) in [6, 6.07) is 5.17. The van der Waals surface area contributed by atoms with E-state index in [4.69, 9.17) is 41.2 Å². The lowest BCUT2D eigenvalue weighted by Gasteiger charge is -2.05. The molecule has 0 heterocycles. The number of benzene rings is 1. The van der Waals surface area contributed by atoms with E-state index in [0.29, 0.717) is 21.6 Å². The van der Waals surface area contributed by atoms with E-state index in [-0.39, 0.29) is 0 Å². The third-order valence-electron chi connectivity index (χ3n) is 1.33. The third-order valence-corrected chi connectivity index (χ3v) is 1.91. The van der Waals surface area contributed by atoms with E-state index in [1.165, 1.54) is 0 Å². The number of hydrogen-bond donors (Lipinski definition) is 2. The summed E-state index contributed by atoms with van der Waals surface area (Å²) in [6.07, 6.45) is 0. The lowest BCUT2D eigenvalue weighted by molar-refractivity contribution is 1.38. The second-order valence-corrected chi connectivity index (χ2v) is 3.88. The number of hydrogen-bond acceptors (Lipinski definition) is 2. The lowest BCUT2D eigenvalue weighted by atomic mass is 10.3. The van der Waals surface area contributed by atoms with Crippen LogP contribution in [0.3, 0.4) is 0 Å². The maximum Gasteiger partial charge on any atom is 0.0921 e. The predicted molar refractivity (Wildman–Crippen MR) is 61.7 cm³/mol. The molecule has 0 atom stereocenters. The van der Waals surface area contributed by atoms with Gasteiger partial charge in [-0.1, -0.05) is 35.4 Å². The fourth-order valence-electron chi connectivity index (χ4n) is 0.845. The van der Waals surface area contributed by atoms with Crippen LogP contribution < -0.4 is 11.1 Å². The van der Waals surface area contributed by atoms with Gasteiger partial charge in [-0.25, -0.2) is 0 Å². The average Bonchev–Trinajstić information content (AvgIpc) is 1.99. The van der Waals surface area contributed by atoms with Crippen molar-refractivity contribution in [3.8, 4) is 0 Å². The molecule has 0 aliphatic carbocycles. The van der Waals surface area contributed by atoms with Crippen LogP contribution in [0, 0.1) is 0 Å². The third kappa shape index (κ3) is 3.81. The maximum atomic E-state index is 5.78. The van der Waals surface area contributed by atoms with Gasteiger partial charge in [0.15, 0.2) is 0 Å². The summed E-state index contributed by atoms with van der Waals surface area (Å²) in [4.78, 5) is 0.399. The quantitative estimate of drug-likeness (QED) is 0.791. The second kappa shape index (κ2) is 4.65. The van der Waals surface area contributed by atoms with E-state index in [9.17, 15) is 0 Å². The Morgan fingerprint density at radius 3 is 2.31 bits per heavy atom. The van der Waals surface area contributed by atoms with Crippen LogP contribution in [-0.4, -0.2) is 11.5 Å². The second-order valence-electron chi connectivity index (χ2n) is 2.48. The van der Waals surface area contributed by atoms with E-state index >= 15 is 0 Å². The molecule has 0 saturated heterocycles. The van der Waals surface area contributed by atoms with Gasteiger partial charge >= 0.3 is 0 Å². The number of halogens is 2. The highest BCUT2D eigenvalue weighted by atomic mass is 35.5.